The Morgan fingerprint density at radius 3 is 2.48 bits per heavy atom. The second-order valence-electron chi connectivity index (χ2n) is 7.78. The molecule has 1 N–H and O–H groups in total. The van der Waals surface area contributed by atoms with Crippen LogP contribution in [0.15, 0.2) is 48.5 Å². The highest BCUT2D eigenvalue weighted by atomic mass is 35.5. The molecule has 3 rings (SSSR count). The lowest BCUT2D eigenvalue weighted by Gasteiger charge is -2.32. The van der Waals surface area contributed by atoms with Crippen LogP contribution in [0.3, 0.4) is 0 Å². The molecule has 2 amide bonds. The van der Waals surface area contributed by atoms with Crippen molar-refractivity contribution in [3.05, 3.63) is 64.7 Å². The standard InChI is InChI=1S/C24H27ClN2O4/c1-17(28)31-22-4-2-3-20(15-22)24(30)26-16-19-11-13-27(14-12-19)23(29)10-7-18-5-8-21(25)9-6-18/h2-6,8-9,15,19H,7,10-14,16H2,1H3,(H,26,30). The van der Waals surface area contributed by atoms with Crippen molar-refractivity contribution in [1.82, 2.24) is 10.2 Å². The van der Waals surface area contributed by atoms with Gasteiger partial charge in [0.2, 0.25) is 5.91 Å². The van der Waals surface area contributed by atoms with Gasteiger partial charge in [-0.2, -0.15) is 0 Å². The van der Waals surface area contributed by atoms with Gasteiger partial charge in [0.25, 0.3) is 5.91 Å². The Morgan fingerprint density at radius 1 is 1.10 bits per heavy atom. The van der Waals surface area contributed by atoms with E-state index >= 15 is 0 Å². The van der Waals surface area contributed by atoms with Crippen LogP contribution in [0.5, 0.6) is 5.75 Å². The third kappa shape index (κ3) is 7.10. The second kappa shape index (κ2) is 11.0. The van der Waals surface area contributed by atoms with Crippen molar-refractivity contribution in [2.75, 3.05) is 19.6 Å². The SMILES string of the molecule is CC(=O)Oc1cccc(C(=O)NCC2CCN(C(=O)CCc3ccc(Cl)cc3)CC2)c1. The highest BCUT2D eigenvalue weighted by Gasteiger charge is 2.23. The molecule has 2 aromatic carbocycles. The van der Waals surface area contributed by atoms with Gasteiger partial charge in [0.05, 0.1) is 0 Å². The minimum atomic E-state index is -0.424. The molecule has 1 fully saturated rings. The van der Waals surface area contributed by atoms with Crippen LogP contribution in [-0.2, 0) is 16.0 Å². The summed E-state index contributed by atoms with van der Waals surface area (Å²) < 4.78 is 5.02. The molecule has 6 nitrogen and oxygen atoms in total. The van der Waals surface area contributed by atoms with Crippen molar-refractivity contribution >= 4 is 29.4 Å². The van der Waals surface area contributed by atoms with E-state index in [2.05, 4.69) is 5.32 Å². The maximum atomic E-state index is 12.5. The summed E-state index contributed by atoms with van der Waals surface area (Å²) in [4.78, 5) is 37.9. The summed E-state index contributed by atoms with van der Waals surface area (Å²) in [6.45, 7) is 3.30. The zero-order valence-electron chi connectivity index (χ0n) is 17.6. The van der Waals surface area contributed by atoms with E-state index in [1.165, 1.54) is 6.92 Å². The number of amides is 2. The summed E-state index contributed by atoms with van der Waals surface area (Å²) in [6, 6.07) is 14.1. The number of piperidine rings is 1. The van der Waals surface area contributed by atoms with Crippen LogP contribution in [0.2, 0.25) is 5.02 Å². The molecule has 7 heteroatoms. The van der Waals surface area contributed by atoms with Gasteiger partial charge in [0.1, 0.15) is 5.75 Å². The molecule has 0 aliphatic carbocycles. The molecule has 0 radical (unpaired) electrons. The summed E-state index contributed by atoms with van der Waals surface area (Å²) in [6.07, 6.45) is 2.92. The van der Waals surface area contributed by atoms with Crippen LogP contribution in [0.25, 0.3) is 0 Å². The van der Waals surface area contributed by atoms with Crippen LogP contribution in [-0.4, -0.2) is 42.3 Å². The van der Waals surface area contributed by atoms with Crippen LogP contribution < -0.4 is 10.1 Å². The number of carbonyl (C=O) groups is 3. The maximum absolute atomic E-state index is 12.5. The Balaban J connectivity index is 1.39. The van der Waals surface area contributed by atoms with Gasteiger partial charge < -0.3 is 15.0 Å². The lowest BCUT2D eigenvalue weighted by molar-refractivity contribution is -0.133. The number of esters is 1. The monoisotopic (exact) mass is 442 g/mol. The molecule has 0 saturated carbocycles. The molecular weight excluding hydrogens is 416 g/mol. The van der Waals surface area contributed by atoms with Crippen molar-refractivity contribution in [1.29, 1.82) is 0 Å². The molecular formula is C24H27ClN2O4. The minimum Gasteiger partial charge on any atom is -0.427 e. The van der Waals surface area contributed by atoms with E-state index in [1.807, 2.05) is 29.2 Å². The Morgan fingerprint density at radius 2 is 1.81 bits per heavy atom. The van der Waals surface area contributed by atoms with Crippen LogP contribution in [0.1, 0.15) is 42.1 Å². The number of halogens is 1. The number of aryl methyl sites for hydroxylation is 1. The molecule has 0 unspecified atom stereocenters. The predicted octanol–water partition coefficient (Wildman–Crippen LogP) is 3.87. The zero-order chi connectivity index (χ0) is 22.2. The normalized spacial score (nSPS) is 14.2. The van der Waals surface area contributed by atoms with Crippen LogP contribution >= 0.6 is 11.6 Å². The number of carbonyl (C=O) groups excluding carboxylic acids is 3. The number of hydrogen-bond donors (Lipinski definition) is 1. The summed E-state index contributed by atoms with van der Waals surface area (Å²) in [5.74, 6) is 0.230. The van der Waals surface area contributed by atoms with Gasteiger partial charge in [-0.3, -0.25) is 14.4 Å². The van der Waals surface area contributed by atoms with Gasteiger partial charge in [0.15, 0.2) is 0 Å². The van der Waals surface area contributed by atoms with E-state index in [9.17, 15) is 14.4 Å². The first-order chi connectivity index (χ1) is 14.9. The van der Waals surface area contributed by atoms with Crippen molar-refractivity contribution in [2.45, 2.75) is 32.6 Å². The van der Waals surface area contributed by atoms with Gasteiger partial charge in [-0.15, -0.1) is 0 Å². The molecule has 2 aromatic rings. The quantitative estimate of drug-likeness (QED) is 0.521. The van der Waals surface area contributed by atoms with Crippen molar-refractivity contribution < 1.29 is 19.1 Å². The highest BCUT2D eigenvalue weighted by Crippen LogP contribution is 2.19. The fourth-order valence-corrected chi connectivity index (χ4v) is 3.78. The van der Waals surface area contributed by atoms with Crippen LogP contribution in [0, 0.1) is 5.92 Å². The van der Waals surface area contributed by atoms with Gasteiger partial charge in [-0.05, 0) is 61.1 Å². The van der Waals surface area contributed by atoms with Gasteiger partial charge in [-0.1, -0.05) is 29.8 Å². The number of nitrogens with one attached hydrogen (secondary N) is 1. The molecule has 1 aliphatic rings. The van der Waals surface area contributed by atoms with E-state index in [4.69, 9.17) is 16.3 Å². The van der Waals surface area contributed by atoms with Crippen molar-refractivity contribution in [3.8, 4) is 5.75 Å². The highest BCUT2D eigenvalue weighted by molar-refractivity contribution is 6.30. The predicted molar refractivity (Wildman–Crippen MR) is 119 cm³/mol. The number of nitrogens with zero attached hydrogens (tertiary/aromatic N) is 1. The van der Waals surface area contributed by atoms with E-state index in [0.717, 1.165) is 18.4 Å². The average molecular weight is 443 g/mol. The lowest BCUT2D eigenvalue weighted by atomic mass is 9.96. The first kappa shape index (κ1) is 22.8. The summed E-state index contributed by atoms with van der Waals surface area (Å²) in [5, 5.41) is 3.65. The lowest BCUT2D eigenvalue weighted by Crippen LogP contribution is -2.41. The van der Waals surface area contributed by atoms with Gasteiger partial charge in [-0.25, -0.2) is 0 Å². The second-order valence-corrected chi connectivity index (χ2v) is 8.22. The number of likely N-dealkylation sites (tertiary alicyclic amines) is 1. The summed E-state index contributed by atoms with van der Waals surface area (Å²) in [7, 11) is 0. The van der Waals surface area contributed by atoms with Crippen LogP contribution in [0.4, 0.5) is 0 Å². The minimum absolute atomic E-state index is 0.166. The molecule has 31 heavy (non-hydrogen) atoms. The summed E-state index contributed by atoms with van der Waals surface area (Å²) in [5.41, 5.74) is 1.56. The van der Waals surface area contributed by atoms with E-state index in [1.54, 1.807) is 24.3 Å². The Kier molecular flexibility index (Phi) is 8.06. The number of benzene rings is 2. The zero-order valence-corrected chi connectivity index (χ0v) is 18.4. The molecule has 164 valence electrons. The molecule has 0 spiro atoms. The Labute approximate surface area is 187 Å². The molecule has 1 heterocycles. The number of ether oxygens (including phenoxy) is 1. The molecule has 1 saturated heterocycles. The topological polar surface area (TPSA) is 75.7 Å². The molecule has 0 bridgehead atoms. The Bertz CT molecular complexity index is 921. The fraction of sp³-hybridized carbons (Fsp3) is 0.375. The number of rotatable bonds is 7. The third-order valence-electron chi connectivity index (χ3n) is 5.42. The van der Waals surface area contributed by atoms with Gasteiger partial charge in [0, 0.05) is 43.6 Å². The van der Waals surface area contributed by atoms with Crippen molar-refractivity contribution in [2.24, 2.45) is 5.92 Å². The molecule has 1 aliphatic heterocycles. The Hall–Kier alpha value is -2.86. The van der Waals surface area contributed by atoms with E-state index in [0.29, 0.717) is 54.7 Å². The van der Waals surface area contributed by atoms with E-state index < -0.39 is 5.97 Å². The van der Waals surface area contributed by atoms with E-state index in [-0.39, 0.29) is 11.8 Å². The van der Waals surface area contributed by atoms with Crippen molar-refractivity contribution in [3.63, 3.8) is 0 Å². The largest absolute Gasteiger partial charge is 0.427 e. The fourth-order valence-electron chi connectivity index (χ4n) is 3.65. The first-order valence-electron chi connectivity index (χ1n) is 10.5. The smallest absolute Gasteiger partial charge is 0.308 e. The molecule has 0 aromatic heterocycles. The first-order valence-corrected chi connectivity index (χ1v) is 10.9. The summed E-state index contributed by atoms with van der Waals surface area (Å²) >= 11 is 5.90. The molecule has 0 atom stereocenters. The maximum Gasteiger partial charge on any atom is 0.308 e. The third-order valence-corrected chi connectivity index (χ3v) is 5.67. The average Bonchev–Trinajstić information content (AvgIpc) is 2.77. The van der Waals surface area contributed by atoms with Gasteiger partial charge >= 0.3 is 5.97 Å². The number of hydrogen-bond acceptors (Lipinski definition) is 4.